The number of hydrogen-bond donors (Lipinski definition) is 1. The summed E-state index contributed by atoms with van der Waals surface area (Å²) in [7, 11) is 0. The lowest BCUT2D eigenvalue weighted by Crippen LogP contribution is -2.25. The Balaban J connectivity index is 2.92. The first-order valence-corrected chi connectivity index (χ1v) is 4.88. The van der Waals surface area contributed by atoms with Gasteiger partial charge in [-0.25, -0.2) is 4.79 Å². The van der Waals surface area contributed by atoms with E-state index in [0.29, 0.717) is 5.75 Å². The van der Waals surface area contributed by atoms with E-state index in [0.717, 1.165) is 0 Å². The van der Waals surface area contributed by atoms with Crippen LogP contribution in [0, 0.1) is 0 Å². The average Bonchev–Trinajstić information content (AvgIpc) is 2.25. The zero-order valence-corrected chi connectivity index (χ0v) is 8.70. The molecule has 4 nitrogen and oxygen atoms in total. The van der Waals surface area contributed by atoms with Crippen LogP contribution in [-0.4, -0.2) is 24.3 Å². The monoisotopic (exact) mass is 225 g/mol. The maximum atomic E-state index is 11.4. The number of carbonyl (C=O) groups is 2. The number of carboxylic acids is 1. The highest BCUT2D eigenvalue weighted by Crippen LogP contribution is 2.09. The molecule has 0 bridgehead atoms. The molecule has 5 heteroatoms. The van der Waals surface area contributed by atoms with Crippen LogP contribution in [0.5, 0.6) is 0 Å². The first-order chi connectivity index (χ1) is 7.16. The summed E-state index contributed by atoms with van der Waals surface area (Å²) >= 11 is 3.87. The number of aromatic carboxylic acids is 1. The van der Waals surface area contributed by atoms with Gasteiger partial charge < -0.3 is 14.6 Å². The molecule has 0 aliphatic rings. The fourth-order valence-electron chi connectivity index (χ4n) is 1.06. The molecule has 0 fully saturated rings. The zero-order chi connectivity index (χ0) is 11.3. The van der Waals surface area contributed by atoms with Crippen LogP contribution in [0.15, 0.2) is 24.3 Å². The Morgan fingerprint density at radius 2 is 1.87 bits per heavy atom. The Morgan fingerprint density at radius 3 is 2.40 bits per heavy atom. The fourth-order valence-corrected chi connectivity index (χ4v) is 1.15. The van der Waals surface area contributed by atoms with Crippen molar-refractivity contribution in [2.24, 2.45) is 0 Å². The Kier molecular flexibility index (Phi) is 4.17. The van der Waals surface area contributed by atoms with Gasteiger partial charge in [-0.3, -0.25) is 0 Å². The van der Waals surface area contributed by atoms with Crippen molar-refractivity contribution in [3.63, 3.8) is 0 Å². The van der Waals surface area contributed by atoms with Crippen LogP contribution in [0.1, 0.15) is 20.7 Å². The predicted octanol–water partition coefficient (Wildman–Crippen LogP) is 0.137. The van der Waals surface area contributed by atoms with E-state index in [-0.39, 0.29) is 17.7 Å². The number of benzene rings is 1. The number of ether oxygens (including phenoxy) is 1. The Hall–Kier alpha value is -1.49. The minimum atomic E-state index is -1.39. The lowest BCUT2D eigenvalue weighted by molar-refractivity contribution is -0.255. The summed E-state index contributed by atoms with van der Waals surface area (Å²) in [5.41, 5.74) is -0.166. The van der Waals surface area contributed by atoms with E-state index < -0.39 is 11.9 Å². The molecule has 0 spiro atoms. The summed E-state index contributed by atoms with van der Waals surface area (Å²) in [4.78, 5) is 22.0. The second-order valence-corrected chi connectivity index (χ2v) is 3.14. The number of carbonyl (C=O) groups excluding carboxylic acids is 2. The van der Waals surface area contributed by atoms with Gasteiger partial charge in [0.25, 0.3) is 0 Å². The van der Waals surface area contributed by atoms with E-state index >= 15 is 0 Å². The summed E-state index contributed by atoms with van der Waals surface area (Å²) in [6.07, 6.45) is 0. The molecule has 0 amide bonds. The molecule has 0 atom stereocenters. The molecule has 1 rings (SSSR count). The molecule has 0 aliphatic carbocycles. The first-order valence-electron chi connectivity index (χ1n) is 4.25. The van der Waals surface area contributed by atoms with Crippen molar-refractivity contribution in [2.45, 2.75) is 0 Å². The second-order valence-electron chi connectivity index (χ2n) is 2.69. The predicted molar refractivity (Wildman–Crippen MR) is 54.9 cm³/mol. The number of thiol groups is 1. The van der Waals surface area contributed by atoms with Gasteiger partial charge in [0.05, 0.1) is 11.5 Å². The minimum absolute atomic E-state index is 0.000664. The van der Waals surface area contributed by atoms with Crippen LogP contribution in [0.2, 0.25) is 0 Å². The molecule has 0 aromatic heterocycles. The van der Waals surface area contributed by atoms with E-state index in [9.17, 15) is 14.7 Å². The topological polar surface area (TPSA) is 66.4 Å². The van der Waals surface area contributed by atoms with Crippen LogP contribution < -0.4 is 5.11 Å². The lowest BCUT2D eigenvalue weighted by Gasteiger charge is -2.09. The molecule has 0 unspecified atom stereocenters. The fraction of sp³-hybridized carbons (Fsp3) is 0.200. The van der Waals surface area contributed by atoms with Crippen molar-refractivity contribution in [1.82, 2.24) is 0 Å². The largest absolute Gasteiger partial charge is 0.545 e. The van der Waals surface area contributed by atoms with Gasteiger partial charge in [0.15, 0.2) is 0 Å². The Bertz CT molecular complexity index is 375. The quantitative estimate of drug-likeness (QED) is 0.584. The summed E-state index contributed by atoms with van der Waals surface area (Å²) in [5, 5.41) is 10.7. The highest BCUT2D eigenvalue weighted by atomic mass is 32.1. The van der Waals surface area contributed by atoms with Gasteiger partial charge in [0, 0.05) is 11.3 Å². The van der Waals surface area contributed by atoms with Crippen LogP contribution in [0.25, 0.3) is 0 Å². The summed E-state index contributed by atoms with van der Waals surface area (Å²) in [6.45, 7) is 0.142. The van der Waals surface area contributed by atoms with Crippen molar-refractivity contribution >= 4 is 24.6 Å². The standard InChI is InChI=1S/C10H10O4S/c11-9(12)7-3-1-2-4-8(7)10(13)14-5-6-15/h1-4,15H,5-6H2,(H,11,12)/p-1. The summed E-state index contributed by atoms with van der Waals surface area (Å²) < 4.78 is 4.76. The van der Waals surface area contributed by atoms with Crippen molar-refractivity contribution in [3.05, 3.63) is 35.4 Å². The molecule has 0 aliphatic heterocycles. The van der Waals surface area contributed by atoms with E-state index in [1.807, 2.05) is 0 Å². The third-order valence-electron chi connectivity index (χ3n) is 1.69. The maximum absolute atomic E-state index is 11.4. The lowest BCUT2D eigenvalue weighted by atomic mass is 10.1. The van der Waals surface area contributed by atoms with Gasteiger partial charge in [-0.2, -0.15) is 12.6 Å². The van der Waals surface area contributed by atoms with E-state index in [1.54, 1.807) is 6.07 Å². The molecule has 0 heterocycles. The van der Waals surface area contributed by atoms with Crippen LogP contribution in [0.4, 0.5) is 0 Å². The number of rotatable bonds is 4. The molecule has 0 radical (unpaired) electrons. The Morgan fingerprint density at radius 1 is 1.27 bits per heavy atom. The van der Waals surface area contributed by atoms with Gasteiger partial charge in [0.2, 0.25) is 0 Å². The van der Waals surface area contributed by atoms with Crippen molar-refractivity contribution < 1.29 is 19.4 Å². The van der Waals surface area contributed by atoms with E-state index in [2.05, 4.69) is 12.6 Å². The third-order valence-corrected chi connectivity index (χ3v) is 1.87. The normalized spacial score (nSPS) is 9.67. The molecule has 1 aromatic carbocycles. The maximum Gasteiger partial charge on any atom is 0.338 e. The molecular weight excluding hydrogens is 216 g/mol. The highest BCUT2D eigenvalue weighted by Gasteiger charge is 2.12. The van der Waals surface area contributed by atoms with Gasteiger partial charge in [-0.15, -0.1) is 0 Å². The van der Waals surface area contributed by atoms with E-state index in [4.69, 9.17) is 4.74 Å². The second kappa shape index (κ2) is 5.41. The third kappa shape index (κ3) is 2.99. The average molecular weight is 225 g/mol. The van der Waals surface area contributed by atoms with Crippen LogP contribution in [0.3, 0.4) is 0 Å². The summed E-state index contributed by atoms with van der Waals surface area (Å²) in [5.74, 6) is -1.68. The first kappa shape index (κ1) is 11.6. The molecular formula is C10H9O4S-. The number of esters is 1. The van der Waals surface area contributed by atoms with Crippen LogP contribution >= 0.6 is 12.6 Å². The number of hydrogen-bond acceptors (Lipinski definition) is 5. The van der Waals surface area contributed by atoms with E-state index in [1.165, 1.54) is 18.2 Å². The van der Waals surface area contributed by atoms with Crippen LogP contribution in [-0.2, 0) is 4.74 Å². The van der Waals surface area contributed by atoms with Gasteiger partial charge >= 0.3 is 5.97 Å². The molecule has 0 saturated carbocycles. The van der Waals surface area contributed by atoms with Gasteiger partial charge in [-0.1, -0.05) is 18.2 Å². The molecule has 0 saturated heterocycles. The molecule has 0 N–H and O–H groups in total. The van der Waals surface area contributed by atoms with Gasteiger partial charge in [0.1, 0.15) is 6.61 Å². The summed E-state index contributed by atoms with van der Waals surface area (Å²) in [6, 6.07) is 5.75. The highest BCUT2D eigenvalue weighted by molar-refractivity contribution is 7.80. The van der Waals surface area contributed by atoms with Crippen molar-refractivity contribution in [3.8, 4) is 0 Å². The minimum Gasteiger partial charge on any atom is -0.545 e. The van der Waals surface area contributed by atoms with Gasteiger partial charge in [-0.05, 0) is 6.07 Å². The van der Waals surface area contributed by atoms with Crippen molar-refractivity contribution in [2.75, 3.05) is 12.4 Å². The molecule has 80 valence electrons. The Labute approximate surface area is 92.3 Å². The smallest absolute Gasteiger partial charge is 0.338 e. The molecule has 1 aromatic rings. The SMILES string of the molecule is O=C([O-])c1ccccc1C(=O)OCCS. The molecule has 15 heavy (non-hydrogen) atoms. The zero-order valence-electron chi connectivity index (χ0n) is 7.80. The number of carboxylic acid groups (broad SMARTS) is 1. The van der Waals surface area contributed by atoms with Crippen molar-refractivity contribution in [1.29, 1.82) is 0 Å².